The largest absolute Gasteiger partial charge is 0.377 e. The van der Waals surface area contributed by atoms with Gasteiger partial charge in [0.1, 0.15) is 0 Å². The lowest BCUT2D eigenvalue weighted by Crippen LogP contribution is -2.51. The fourth-order valence-electron chi connectivity index (χ4n) is 2.02. The number of ether oxygens (including phenoxy) is 1. The van der Waals surface area contributed by atoms with Gasteiger partial charge in [-0.1, -0.05) is 6.92 Å². The molecule has 1 fully saturated rings. The summed E-state index contributed by atoms with van der Waals surface area (Å²) in [7, 11) is 0. The highest BCUT2D eigenvalue weighted by Gasteiger charge is 2.23. The van der Waals surface area contributed by atoms with Crippen LogP contribution in [0.15, 0.2) is 0 Å². The Morgan fingerprint density at radius 3 is 2.15 bits per heavy atom. The molecule has 0 aliphatic carbocycles. The molecule has 7 heteroatoms. The van der Waals surface area contributed by atoms with Crippen molar-refractivity contribution in [2.24, 2.45) is 11.7 Å². The minimum Gasteiger partial charge on any atom is -0.377 e. The fourth-order valence-corrected chi connectivity index (χ4v) is 2.02. The summed E-state index contributed by atoms with van der Waals surface area (Å²) < 4.78 is 5.54. The van der Waals surface area contributed by atoms with Crippen molar-refractivity contribution in [1.29, 1.82) is 0 Å². The van der Waals surface area contributed by atoms with Gasteiger partial charge in [0.15, 0.2) is 0 Å². The molecule has 1 aliphatic rings. The van der Waals surface area contributed by atoms with E-state index < -0.39 is 0 Å². The van der Waals surface area contributed by atoms with Crippen molar-refractivity contribution >= 4 is 30.7 Å². The van der Waals surface area contributed by atoms with E-state index >= 15 is 0 Å². The molecular formula is C13H29Cl2N3O2. The lowest BCUT2D eigenvalue weighted by Gasteiger charge is -2.35. The summed E-state index contributed by atoms with van der Waals surface area (Å²) in [6.45, 7) is 11.6. The van der Waals surface area contributed by atoms with Crippen molar-refractivity contribution in [2.75, 3.05) is 45.9 Å². The van der Waals surface area contributed by atoms with Crippen LogP contribution in [0.4, 0.5) is 0 Å². The van der Waals surface area contributed by atoms with Crippen molar-refractivity contribution < 1.29 is 9.53 Å². The summed E-state index contributed by atoms with van der Waals surface area (Å²) in [5.74, 6) is 0.136. The van der Waals surface area contributed by atoms with Crippen LogP contribution in [0.5, 0.6) is 0 Å². The third kappa shape index (κ3) is 7.64. The molecule has 0 saturated carbocycles. The zero-order valence-electron chi connectivity index (χ0n) is 12.7. The fraction of sp³-hybridized carbons (Fsp3) is 0.923. The molecule has 0 radical (unpaired) electrons. The molecule has 1 unspecified atom stereocenters. The Morgan fingerprint density at radius 1 is 1.15 bits per heavy atom. The molecule has 5 nitrogen and oxygen atoms in total. The molecule has 0 aromatic heterocycles. The van der Waals surface area contributed by atoms with E-state index in [4.69, 9.17) is 10.5 Å². The molecule has 1 saturated heterocycles. The van der Waals surface area contributed by atoms with Crippen LogP contribution in [-0.4, -0.2) is 67.7 Å². The van der Waals surface area contributed by atoms with E-state index in [1.165, 1.54) is 0 Å². The number of halogens is 2. The van der Waals surface area contributed by atoms with Gasteiger partial charge in [0, 0.05) is 45.2 Å². The summed E-state index contributed by atoms with van der Waals surface area (Å²) in [5, 5.41) is 0. The highest BCUT2D eigenvalue weighted by molar-refractivity contribution is 5.85. The SMILES string of the molecule is CC(C)OCCN1CCN(C(=O)C(C)CN)CC1.Cl.Cl. The monoisotopic (exact) mass is 329 g/mol. The zero-order chi connectivity index (χ0) is 13.5. The van der Waals surface area contributed by atoms with Crippen molar-refractivity contribution in [3.05, 3.63) is 0 Å². The van der Waals surface area contributed by atoms with Crippen LogP contribution in [0.1, 0.15) is 20.8 Å². The van der Waals surface area contributed by atoms with Crippen LogP contribution in [0.2, 0.25) is 0 Å². The van der Waals surface area contributed by atoms with Gasteiger partial charge >= 0.3 is 0 Å². The Morgan fingerprint density at radius 2 is 1.70 bits per heavy atom. The lowest BCUT2D eigenvalue weighted by atomic mass is 10.1. The number of hydrogen-bond donors (Lipinski definition) is 1. The number of carbonyl (C=O) groups excluding carboxylic acids is 1. The molecule has 1 heterocycles. The van der Waals surface area contributed by atoms with Crippen LogP contribution in [0.25, 0.3) is 0 Å². The molecule has 1 rings (SSSR count). The first kappa shape index (κ1) is 22.2. The van der Waals surface area contributed by atoms with Gasteiger partial charge in [-0.25, -0.2) is 0 Å². The molecule has 122 valence electrons. The lowest BCUT2D eigenvalue weighted by molar-refractivity contribution is -0.136. The first-order chi connectivity index (χ1) is 8.54. The summed E-state index contributed by atoms with van der Waals surface area (Å²) in [6.07, 6.45) is 0.290. The topological polar surface area (TPSA) is 58.8 Å². The van der Waals surface area contributed by atoms with E-state index in [2.05, 4.69) is 4.90 Å². The van der Waals surface area contributed by atoms with Crippen LogP contribution in [0.3, 0.4) is 0 Å². The van der Waals surface area contributed by atoms with E-state index in [1.807, 2.05) is 25.7 Å². The standard InChI is InChI=1S/C13H27N3O2.2ClH/c1-11(2)18-9-8-15-4-6-16(7-5-15)13(17)12(3)10-14;;/h11-12H,4-10,14H2,1-3H3;2*1H. The second-order valence-electron chi connectivity index (χ2n) is 5.22. The summed E-state index contributed by atoms with van der Waals surface area (Å²) in [6, 6.07) is 0. The van der Waals surface area contributed by atoms with Crippen molar-refractivity contribution in [1.82, 2.24) is 9.80 Å². The Labute approximate surface area is 135 Å². The van der Waals surface area contributed by atoms with Gasteiger partial charge in [0.05, 0.1) is 12.7 Å². The highest BCUT2D eigenvalue weighted by Crippen LogP contribution is 2.06. The van der Waals surface area contributed by atoms with E-state index in [1.54, 1.807) is 0 Å². The first-order valence-electron chi connectivity index (χ1n) is 6.87. The first-order valence-corrected chi connectivity index (χ1v) is 6.87. The van der Waals surface area contributed by atoms with Gasteiger partial charge in [0.25, 0.3) is 0 Å². The molecule has 20 heavy (non-hydrogen) atoms. The second kappa shape index (κ2) is 11.6. The van der Waals surface area contributed by atoms with Crippen LogP contribution in [-0.2, 0) is 9.53 Å². The van der Waals surface area contributed by atoms with E-state index in [0.717, 1.165) is 39.3 Å². The number of carbonyl (C=O) groups is 1. The predicted molar refractivity (Wildman–Crippen MR) is 86.8 cm³/mol. The molecule has 0 spiro atoms. The molecule has 2 N–H and O–H groups in total. The third-order valence-corrected chi connectivity index (χ3v) is 3.32. The molecule has 0 aromatic carbocycles. The van der Waals surface area contributed by atoms with Gasteiger partial charge in [-0.15, -0.1) is 24.8 Å². The van der Waals surface area contributed by atoms with Crippen molar-refractivity contribution in [3.63, 3.8) is 0 Å². The number of piperazine rings is 1. The third-order valence-electron chi connectivity index (χ3n) is 3.32. The number of amides is 1. The van der Waals surface area contributed by atoms with Crippen LogP contribution >= 0.6 is 24.8 Å². The average Bonchev–Trinajstić information content (AvgIpc) is 2.37. The molecule has 1 atom stereocenters. The maximum Gasteiger partial charge on any atom is 0.226 e. The minimum absolute atomic E-state index is 0. The Hall–Kier alpha value is -0.0700. The summed E-state index contributed by atoms with van der Waals surface area (Å²) in [4.78, 5) is 16.2. The summed E-state index contributed by atoms with van der Waals surface area (Å²) in [5.41, 5.74) is 5.53. The Kier molecular flexibility index (Phi) is 12.9. The Bertz CT molecular complexity index is 260. The predicted octanol–water partition coefficient (Wildman–Crippen LogP) is 0.994. The highest BCUT2D eigenvalue weighted by atomic mass is 35.5. The number of rotatable bonds is 6. The second-order valence-corrected chi connectivity index (χ2v) is 5.22. The smallest absolute Gasteiger partial charge is 0.226 e. The van der Waals surface area contributed by atoms with Crippen molar-refractivity contribution in [2.45, 2.75) is 26.9 Å². The van der Waals surface area contributed by atoms with E-state index in [9.17, 15) is 4.79 Å². The van der Waals surface area contributed by atoms with E-state index in [-0.39, 0.29) is 36.6 Å². The normalized spacial score (nSPS) is 17.4. The average molecular weight is 330 g/mol. The van der Waals surface area contributed by atoms with Crippen molar-refractivity contribution in [3.8, 4) is 0 Å². The minimum atomic E-state index is -0.0548. The van der Waals surface area contributed by atoms with Gasteiger partial charge in [-0.05, 0) is 13.8 Å². The van der Waals surface area contributed by atoms with Crippen LogP contribution in [0, 0.1) is 5.92 Å². The number of hydrogen-bond acceptors (Lipinski definition) is 4. The number of nitrogens with two attached hydrogens (primary N) is 1. The van der Waals surface area contributed by atoms with Gasteiger partial charge in [-0.2, -0.15) is 0 Å². The molecule has 0 aromatic rings. The maximum absolute atomic E-state index is 11.9. The molecule has 1 aliphatic heterocycles. The molecular weight excluding hydrogens is 301 g/mol. The maximum atomic E-state index is 11.9. The van der Waals surface area contributed by atoms with Gasteiger partial charge in [0.2, 0.25) is 5.91 Å². The van der Waals surface area contributed by atoms with E-state index in [0.29, 0.717) is 12.6 Å². The molecule has 0 bridgehead atoms. The number of nitrogens with zero attached hydrogens (tertiary/aromatic N) is 2. The van der Waals surface area contributed by atoms with Gasteiger partial charge in [-0.3, -0.25) is 9.69 Å². The van der Waals surface area contributed by atoms with Crippen LogP contribution < -0.4 is 5.73 Å². The molecule has 1 amide bonds. The quantitative estimate of drug-likeness (QED) is 0.789. The zero-order valence-corrected chi connectivity index (χ0v) is 14.3. The van der Waals surface area contributed by atoms with Gasteiger partial charge < -0.3 is 15.4 Å². The summed E-state index contributed by atoms with van der Waals surface area (Å²) >= 11 is 0. The Balaban J connectivity index is 0.